The van der Waals surface area contributed by atoms with E-state index in [0.717, 1.165) is 27.5 Å². The first-order valence-corrected chi connectivity index (χ1v) is 9.97. The lowest BCUT2D eigenvalue weighted by Gasteiger charge is -2.15. The van der Waals surface area contributed by atoms with Gasteiger partial charge in [-0.15, -0.1) is 0 Å². The molecule has 0 saturated heterocycles. The molecule has 1 unspecified atom stereocenters. The van der Waals surface area contributed by atoms with E-state index in [4.69, 9.17) is 9.47 Å². The Labute approximate surface area is 174 Å². The van der Waals surface area contributed by atoms with Crippen molar-refractivity contribution in [2.45, 2.75) is 36.6 Å². The number of ether oxygens (including phenoxy) is 2. The van der Waals surface area contributed by atoms with E-state index in [1.54, 1.807) is 32.5 Å². The number of aryl methyl sites for hydroxylation is 1. The topological polar surface area (TPSA) is 73.3 Å². The van der Waals surface area contributed by atoms with Crippen molar-refractivity contribution in [3.8, 4) is 5.75 Å². The molecule has 0 bridgehead atoms. The van der Waals surface area contributed by atoms with Crippen LogP contribution in [0.1, 0.15) is 18.1 Å². The van der Waals surface area contributed by atoms with Gasteiger partial charge in [0.05, 0.1) is 13.7 Å². The Balaban J connectivity index is 1.56. The lowest BCUT2D eigenvalue weighted by Crippen LogP contribution is -2.27. The average molecular weight is 410 g/mol. The second-order valence-corrected chi connectivity index (χ2v) is 7.44. The van der Waals surface area contributed by atoms with E-state index in [1.165, 1.54) is 11.8 Å². The monoisotopic (exact) mass is 409 g/mol. The number of nitrogens with one attached hydrogen (secondary N) is 1. The highest BCUT2D eigenvalue weighted by molar-refractivity contribution is 7.99. The number of carbonyl (C=O) groups excluding carboxylic acids is 1. The van der Waals surface area contributed by atoms with Gasteiger partial charge in [-0.1, -0.05) is 12.1 Å². The quantitative estimate of drug-likeness (QED) is 0.553. The Hall–Kier alpha value is -2.90. The molecule has 0 aliphatic rings. The number of hydrogen-bond acceptors (Lipinski definition) is 6. The number of nitrogens with zero attached hydrogens (tertiary/aromatic N) is 2. The van der Waals surface area contributed by atoms with Crippen LogP contribution in [0.5, 0.6) is 5.75 Å². The van der Waals surface area contributed by atoms with Crippen LogP contribution in [0, 0.1) is 6.92 Å². The maximum Gasteiger partial charge on any atom is 0.253 e. The molecule has 0 saturated carbocycles. The van der Waals surface area contributed by atoms with Gasteiger partial charge in [0.1, 0.15) is 11.9 Å². The molecule has 1 atom stereocenters. The predicted octanol–water partition coefficient (Wildman–Crippen LogP) is 4.49. The minimum Gasteiger partial charge on any atom is -0.497 e. The van der Waals surface area contributed by atoms with Crippen molar-refractivity contribution in [2.24, 2.45) is 0 Å². The molecule has 29 heavy (non-hydrogen) atoms. The Bertz CT molecular complexity index is 967. The van der Waals surface area contributed by atoms with Crippen molar-refractivity contribution in [1.29, 1.82) is 0 Å². The highest BCUT2D eigenvalue weighted by atomic mass is 32.2. The average Bonchev–Trinajstić information content (AvgIpc) is 2.74. The molecular formula is C22H23N3O3S. The maximum absolute atomic E-state index is 12.5. The summed E-state index contributed by atoms with van der Waals surface area (Å²) in [5, 5.41) is 3.61. The lowest BCUT2D eigenvalue weighted by atomic mass is 10.2. The molecule has 0 radical (unpaired) electrons. The first-order valence-electron chi connectivity index (χ1n) is 9.16. The first-order chi connectivity index (χ1) is 14.0. The zero-order valence-electron chi connectivity index (χ0n) is 16.6. The van der Waals surface area contributed by atoms with Gasteiger partial charge in [-0.05, 0) is 73.1 Å². The van der Waals surface area contributed by atoms with Gasteiger partial charge in [-0.25, -0.2) is 9.97 Å². The van der Waals surface area contributed by atoms with Crippen molar-refractivity contribution in [2.75, 3.05) is 12.4 Å². The summed E-state index contributed by atoms with van der Waals surface area (Å²) in [5.74, 6) is 0.570. The van der Waals surface area contributed by atoms with E-state index < -0.39 is 6.10 Å². The van der Waals surface area contributed by atoms with Crippen LogP contribution in [0.2, 0.25) is 0 Å². The summed E-state index contributed by atoms with van der Waals surface area (Å²) in [6.07, 6.45) is 2.83. The number of hydrogen-bond donors (Lipinski definition) is 1. The molecule has 1 aromatic heterocycles. The van der Waals surface area contributed by atoms with E-state index in [0.29, 0.717) is 11.8 Å². The predicted molar refractivity (Wildman–Crippen MR) is 113 cm³/mol. The van der Waals surface area contributed by atoms with Gasteiger partial charge in [0.2, 0.25) is 0 Å². The van der Waals surface area contributed by atoms with Crippen LogP contribution in [0.3, 0.4) is 0 Å². The molecule has 0 aliphatic heterocycles. The fourth-order valence-electron chi connectivity index (χ4n) is 2.58. The Morgan fingerprint density at radius 2 is 1.93 bits per heavy atom. The molecule has 1 heterocycles. The largest absolute Gasteiger partial charge is 0.497 e. The van der Waals surface area contributed by atoms with Gasteiger partial charge in [-0.3, -0.25) is 4.79 Å². The van der Waals surface area contributed by atoms with Gasteiger partial charge in [0, 0.05) is 23.0 Å². The molecule has 1 amide bonds. The Morgan fingerprint density at radius 3 is 2.66 bits per heavy atom. The molecule has 0 fully saturated rings. The van der Waals surface area contributed by atoms with E-state index in [2.05, 4.69) is 15.3 Å². The standard InChI is InChI=1S/C22H23N3O3S/c1-15-12-19(29-22-23-10-5-11-24-22)8-9-20(15)25-21(26)16(2)28-14-17-6-4-7-18(13-17)27-3/h4-13,16H,14H2,1-3H3,(H,25,26). The maximum atomic E-state index is 12.5. The van der Waals surface area contributed by atoms with Crippen molar-refractivity contribution in [3.63, 3.8) is 0 Å². The van der Waals surface area contributed by atoms with Gasteiger partial charge in [0.15, 0.2) is 5.16 Å². The zero-order valence-corrected chi connectivity index (χ0v) is 17.4. The number of anilines is 1. The third-order valence-corrected chi connectivity index (χ3v) is 5.09. The van der Waals surface area contributed by atoms with Crippen LogP contribution in [0.4, 0.5) is 5.69 Å². The minimum atomic E-state index is -0.590. The van der Waals surface area contributed by atoms with Crippen LogP contribution < -0.4 is 10.1 Å². The van der Waals surface area contributed by atoms with E-state index in [-0.39, 0.29) is 5.91 Å². The molecule has 2 aromatic carbocycles. The highest BCUT2D eigenvalue weighted by Crippen LogP contribution is 2.28. The van der Waals surface area contributed by atoms with Crippen molar-refractivity contribution in [3.05, 3.63) is 72.1 Å². The molecule has 0 aliphatic carbocycles. The summed E-state index contributed by atoms with van der Waals surface area (Å²) < 4.78 is 10.9. The normalized spacial score (nSPS) is 11.7. The summed E-state index contributed by atoms with van der Waals surface area (Å²) in [7, 11) is 1.62. The van der Waals surface area contributed by atoms with Crippen LogP contribution in [-0.4, -0.2) is 29.1 Å². The molecule has 3 aromatic rings. The fraction of sp³-hybridized carbons (Fsp3) is 0.227. The molecule has 1 N–H and O–H groups in total. The second kappa shape index (κ2) is 10.0. The van der Waals surface area contributed by atoms with Crippen molar-refractivity contribution >= 4 is 23.4 Å². The third-order valence-electron chi connectivity index (χ3n) is 4.21. The molecule has 150 valence electrons. The summed E-state index contributed by atoms with van der Waals surface area (Å²) >= 11 is 1.47. The molecule has 3 rings (SSSR count). The van der Waals surface area contributed by atoms with Gasteiger partial charge < -0.3 is 14.8 Å². The minimum absolute atomic E-state index is 0.192. The van der Waals surface area contributed by atoms with E-state index in [9.17, 15) is 4.79 Å². The number of rotatable bonds is 8. The van der Waals surface area contributed by atoms with Crippen molar-refractivity contribution in [1.82, 2.24) is 9.97 Å². The number of benzene rings is 2. The Kier molecular flexibility index (Phi) is 7.21. The molecular weight excluding hydrogens is 386 g/mol. The smallest absolute Gasteiger partial charge is 0.253 e. The summed E-state index contributed by atoms with van der Waals surface area (Å²) in [4.78, 5) is 21.9. The molecule has 7 heteroatoms. The van der Waals surface area contributed by atoms with Crippen LogP contribution in [0.25, 0.3) is 0 Å². The molecule has 6 nitrogen and oxygen atoms in total. The van der Waals surface area contributed by atoms with Gasteiger partial charge in [0.25, 0.3) is 5.91 Å². The van der Waals surface area contributed by atoms with Gasteiger partial charge >= 0.3 is 0 Å². The Morgan fingerprint density at radius 1 is 1.14 bits per heavy atom. The van der Waals surface area contributed by atoms with Crippen LogP contribution >= 0.6 is 11.8 Å². The highest BCUT2D eigenvalue weighted by Gasteiger charge is 2.15. The number of carbonyl (C=O) groups is 1. The summed E-state index contributed by atoms with van der Waals surface area (Å²) in [5.41, 5.74) is 2.66. The SMILES string of the molecule is COc1cccc(COC(C)C(=O)Nc2ccc(Sc3ncccn3)cc2C)c1. The lowest BCUT2D eigenvalue weighted by molar-refractivity contribution is -0.127. The third kappa shape index (κ3) is 6.04. The van der Waals surface area contributed by atoms with E-state index >= 15 is 0 Å². The number of methoxy groups -OCH3 is 1. The first kappa shape index (κ1) is 20.8. The molecule has 0 spiro atoms. The van der Waals surface area contributed by atoms with Crippen LogP contribution in [0.15, 0.2) is 71.0 Å². The number of aromatic nitrogens is 2. The summed E-state index contributed by atoms with van der Waals surface area (Å²) in [6, 6.07) is 15.2. The fourth-order valence-corrected chi connectivity index (χ4v) is 3.39. The zero-order chi connectivity index (χ0) is 20.6. The van der Waals surface area contributed by atoms with E-state index in [1.807, 2.05) is 49.4 Å². The second-order valence-electron chi connectivity index (χ2n) is 6.40. The van der Waals surface area contributed by atoms with Gasteiger partial charge in [-0.2, -0.15) is 0 Å². The summed E-state index contributed by atoms with van der Waals surface area (Å²) in [6.45, 7) is 4.02. The van der Waals surface area contributed by atoms with Crippen molar-refractivity contribution < 1.29 is 14.3 Å². The number of amides is 1. The van der Waals surface area contributed by atoms with Crippen LogP contribution in [-0.2, 0) is 16.1 Å².